The first kappa shape index (κ1) is 47.1. The topological polar surface area (TPSA) is 182 Å². The van der Waals surface area contributed by atoms with Crippen LogP contribution in [-0.4, -0.2) is 95.8 Å². The first-order valence-electron chi connectivity index (χ1n) is 11.3. The molecule has 12 nitrogen and oxygen atoms in total. The SMILES string of the molecule is BrBr.COC(=O)C(Br)c1ccc(S(C)(=O)=O)cc1.COC(=O)Cc1ccc(S(C)(=O)=O)cc1.O=C1CCC(=O)N1Br.[B].[NH]=[Al]. The monoisotopic (exact) mass is 922 g/mol. The fourth-order valence-electron chi connectivity index (χ4n) is 2.77. The summed E-state index contributed by atoms with van der Waals surface area (Å²) in [7, 11) is -3.77. The number of halogens is 4. The zero-order valence-corrected chi connectivity index (χ0v) is 33.0. The Balaban J connectivity index is -0.000000557. The van der Waals surface area contributed by atoms with Gasteiger partial charge in [0, 0.05) is 62.0 Å². The van der Waals surface area contributed by atoms with Crippen LogP contribution >= 0.6 is 60.3 Å². The van der Waals surface area contributed by atoms with Crippen molar-refractivity contribution in [3.8, 4) is 0 Å². The molecule has 1 fully saturated rings. The van der Waals surface area contributed by atoms with Gasteiger partial charge >= 0.3 is 32.4 Å². The Bertz CT molecular complexity index is 1420. The molecular formula is C24H28AlBBr4N2O10S2. The van der Waals surface area contributed by atoms with Gasteiger partial charge in [-0.15, -0.1) is 0 Å². The molecule has 0 spiro atoms. The second-order valence-electron chi connectivity index (χ2n) is 7.96. The third kappa shape index (κ3) is 18.0. The van der Waals surface area contributed by atoms with Gasteiger partial charge in [0.2, 0.25) is 11.8 Å². The Hall–Kier alpha value is -1.26. The number of carbonyl (C=O) groups excluding carboxylic acids is 4. The summed E-state index contributed by atoms with van der Waals surface area (Å²) in [6.45, 7) is 0. The quantitative estimate of drug-likeness (QED) is 0.145. The number of hydrogen-bond donors (Lipinski definition) is 1. The van der Waals surface area contributed by atoms with Gasteiger partial charge in [-0.1, -0.05) is 40.2 Å². The molecule has 240 valence electrons. The van der Waals surface area contributed by atoms with Crippen LogP contribution in [0.4, 0.5) is 0 Å². The zero-order valence-electron chi connectivity index (χ0n) is 23.8. The number of rotatable bonds is 6. The molecule has 1 aliphatic rings. The maximum atomic E-state index is 11.2. The molecule has 0 aliphatic carbocycles. The van der Waals surface area contributed by atoms with Gasteiger partial charge in [0.05, 0.1) is 46.6 Å². The molecule has 2 amide bonds. The van der Waals surface area contributed by atoms with Gasteiger partial charge in [0.25, 0.3) is 0 Å². The number of ether oxygens (including phenoxy) is 2. The van der Waals surface area contributed by atoms with Gasteiger partial charge in [-0.05, 0) is 35.4 Å². The maximum absolute atomic E-state index is 11.2. The normalized spacial score (nSPS) is 12.5. The summed E-state index contributed by atoms with van der Waals surface area (Å²) in [6, 6.07) is 12.2. The second-order valence-corrected chi connectivity index (χ2v) is 13.6. The first-order chi connectivity index (χ1) is 20.0. The third-order valence-corrected chi connectivity index (χ3v) is 8.88. The van der Waals surface area contributed by atoms with E-state index in [1.807, 2.05) is 0 Å². The Morgan fingerprint density at radius 1 is 0.841 bits per heavy atom. The van der Waals surface area contributed by atoms with E-state index in [1.165, 1.54) is 38.5 Å². The summed E-state index contributed by atoms with van der Waals surface area (Å²) in [4.78, 5) is 42.9. The van der Waals surface area contributed by atoms with Gasteiger partial charge in [0.15, 0.2) is 19.7 Å². The van der Waals surface area contributed by atoms with Crippen molar-refractivity contribution in [2.75, 3.05) is 26.7 Å². The van der Waals surface area contributed by atoms with Gasteiger partial charge in [-0.2, -0.15) is 0 Å². The van der Waals surface area contributed by atoms with Crippen molar-refractivity contribution >= 4 is 128 Å². The van der Waals surface area contributed by atoms with E-state index in [2.05, 4.69) is 69.8 Å². The Labute approximate surface area is 299 Å². The number of nitrogens with one attached hydrogen (secondary N) is 1. The third-order valence-electron chi connectivity index (χ3n) is 4.93. The van der Waals surface area contributed by atoms with Crippen molar-refractivity contribution < 1.29 is 45.5 Å². The Morgan fingerprint density at radius 3 is 1.48 bits per heavy atom. The number of hydrogen-bond acceptors (Lipinski definition) is 11. The number of methoxy groups -OCH3 is 2. The van der Waals surface area contributed by atoms with Crippen LogP contribution in [0.15, 0.2) is 58.3 Å². The summed E-state index contributed by atoms with van der Waals surface area (Å²) in [5.41, 5.74) is 1.38. The van der Waals surface area contributed by atoms with E-state index in [9.17, 15) is 36.0 Å². The van der Waals surface area contributed by atoms with Crippen LogP contribution in [0, 0.1) is 4.35 Å². The number of alkyl halides is 1. The zero-order chi connectivity index (χ0) is 34.0. The minimum absolute atomic E-state index is 0. The number of carbonyl (C=O) groups is 4. The van der Waals surface area contributed by atoms with Crippen LogP contribution in [0.1, 0.15) is 28.8 Å². The van der Waals surface area contributed by atoms with Crippen molar-refractivity contribution in [1.82, 2.24) is 3.93 Å². The molecule has 0 aromatic heterocycles. The van der Waals surface area contributed by atoms with E-state index in [0.717, 1.165) is 22.0 Å². The molecule has 4 radical (unpaired) electrons. The summed E-state index contributed by atoms with van der Waals surface area (Å²) >= 11 is 13.1. The van der Waals surface area contributed by atoms with Gasteiger partial charge in [0.1, 0.15) is 4.83 Å². The molecule has 1 N–H and O–H groups in total. The molecule has 3 rings (SSSR count). The van der Waals surface area contributed by atoms with Crippen LogP contribution in [0.2, 0.25) is 0 Å². The minimum atomic E-state index is -3.20. The molecule has 1 atom stereocenters. The average molecular weight is 926 g/mol. The predicted molar refractivity (Wildman–Crippen MR) is 181 cm³/mol. The molecule has 2 aromatic rings. The van der Waals surface area contributed by atoms with Crippen molar-refractivity contribution in [3.63, 3.8) is 0 Å². The summed E-state index contributed by atoms with van der Waals surface area (Å²) in [5, 5.41) is 0. The molecule has 1 unspecified atom stereocenters. The summed E-state index contributed by atoms with van der Waals surface area (Å²) in [5.74, 6) is -1.06. The number of imide groups is 1. The van der Waals surface area contributed by atoms with Gasteiger partial charge in [-0.25, -0.2) is 20.8 Å². The molecule has 0 bridgehead atoms. The van der Waals surface area contributed by atoms with E-state index in [0.29, 0.717) is 18.4 Å². The molecule has 1 aliphatic heterocycles. The van der Waals surface area contributed by atoms with Crippen molar-refractivity contribution in [1.29, 1.82) is 4.35 Å². The van der Waals surface area contributed by atoms with E-state index in [4.69, 9.17) is 4.35 Å². The number of benzene rings is 2. The second kappa shape index (κ2) is 24.0. The first-order valence-corrected chi connectivity index (χ1v) is 21.0. The number of nitrogens with zero attached hydrogens (tertiary/aromatic N) is 1. The Morgan fingerprint density at radius 2 is 1.20 bits per heavy atom. The number of esters is 2. The fourth-order valence-corrected chi connectivity index (χ4v) is 4.87. The molecule has 0 saturated carbocycles. The van der Waals surface area contributed by atoms with E-state index in [-0.39, 0.29) is 42.4 Å². The van der Waals surface area contributed by atoms with E-state index >= 15 is 0 Å². The fraction of sp³-hybridized carbons (Fsp3) is 0.333. The summed E-state index contributed by atoms with van der Waals surface area (Å²) < 4.78 is 60.4. The number of sulfone groups is 2. The molecule has 44 heavy (non-hydrogen) atoms. The van der Waals surface area contributed by atoms with Crippen LogP contribution in [0.3, 0.4) is 0 Å². The average Bonchev–Trinajstić information content (AvgIpc) is 3.29. The van der Waals surface area contributed by atoms with Crippen LogP contribution in [0.25, 0.3) is 0 Å². The molecule has 2 aromatic carbocycles. The van der Waals surface area contributed by atoms with Crippen molar-refractivity contribution in [3.05, 3.63) is 59.7 Å². The summed E-state index contributed by atoms with van der Waals surface area (Å²) in [6.07, 6.45) is 3.13. The van der Waals surface area contributed by atoms with E-state index in [1.54, 1.807) is 40.4 Å². The van der Waals surface area contributed by atoms with Gasteiger partial charge < -0.3 is 9.47 Å². The standard InChI is InChI=1S/C10H11BrO4S.C10H12O4S.C4H4BrNO2.Al.B.Br2.HN/c1-15-10(12)9(11)7-3-5-8(6-4-7)16(2,13)14;1-14-10(11)7-8-3-5-9(6-4-8)15(2,12)13;5-6-3(7)1-2-4(6)8;;;1-2;/h3-6,9H,1-2H3;3-6H,7H2,1-2H3;1-2H2;;;;1H. The van der Waals surface area contributed by atoms with Crippen molar-refractivity contribution in [2.45, 2.75) is 33.9 Å². The van der Waals surface area contributed by atoms with Crippen LogP contribution in [-0.2, 0) is 54.7 Å². The molecule has 1 heterocycles. The predicted octanol–water partition coefficient (Wildman–Crippen LogP) is 4.18. The Kier molecular flexibility index (Phi) is 25.7. The number of amides is 2. The molecule has 1 saturated heterocycles. The molecule has 20 heteroatoms. The van der Waals surface area contributed by atoms with E-state index < -0.39 is 30.5 Å². The van der Waals surface area contributed by atoms with Crippen LogP contribution in [0.5, 0.6) is 0 Å². The molecular weight excluding hydrogens is 898 g/mol. The van der Waals surface area contributed by atoms with Crippen LogP contribution < -0.4 is 0 Å². The van der Waals surface area contributed by atoms with Crippen molar-refractivity contribution in [2.24, 2.45) is 0 Å². The van der Waals surface area contributed by atoms with Gasteiger partial charge in [-0.3, -0.25) is 19.2 Å².